The van der Waals surface area contributed by atoms with Gasteiger partial charge in [0.2, 0.25) is 5.89 Å². The van der Waals surface area contributed by atoms with Gasteiger partial charge in [0.1, 0.15) is 0 Å². The maximum Gasteiger partial charge on any atom is 0.240 e. The van der Waals surface area contributed by atoms with E-state index in [-0.39, 0.29) is 0 Å². The fourth-order valence-corrected chi connectivity index (χ4v) is 2.16. The minimum atomic E-state index is 0.449. The number of hydrogen-bond donors (Lipinski definition) is 1. The quantitative estimate of drug-likeness (QED) is 0.852. The first kappa shape index (κ1) is 11.6. The molecule has 1 N–H and O–H groups in total. The van der Waals surface area contributed by atoms with E-state index in [1.54, 1.807) is 0 Å². The SMILES string of the molecule is CC(C)NCc1nc(C2CCCCC2)no1. The molecule has 0 bridgehead atoms. The molecule has 1 saturated carbocycles. The Bertz CT molecular complexity index is 316. The average molecular weight is 223 g/mol. The molecule has 1 aromatic rings. The molecule has 0 saturated heterocycles. The van der Waals surface area contributed by atoms with Gasteiger partial charge in [-0.15, -0.1) is 0 Å². The molecule has 1 heterocycles. The monoisotopic (exact) mass is 223 g/mol. The normalized spacial score (nSPS) is 18.2. The number of nitrogens with one attached hydrogen (secondary N) is 1. The first-order valence-electron chi connectivity index (χ1n) is 6.31. The van der Waals surface area contributed by atoms with Crippen LogP contribution >= 0.6 is 0 Å². The minimum Gasteiger partial charge on any atom is -0.338 e. The maximum atomic E-state index is 5.24. The van der Waals surface area contributed by atoms with Crippen LogP contribution < -0.4 is 5.32 Å². The third-order valence-electron chi connectivity index (χ3n) is 3.12. The lowest BCUT2D eigenvalue weighted by molar-refractivity contribution is 0.347. The van der Waals surface area contributed by atoms with Crippen LogP contribution in [-0.2, 0) is 6.54 Å². The van der Waals surface area contributed by atoms with Crippen molar-refractivity contribution in [1.29, 1.82) is 0 Å². The largest absolute Gasteiger partial charge is 0.338 e. The Morgan fingerprint density at radius 2 is 2.06 bits per heavy atom. The number of nitrogens with zero attached hydrogens (tertiary/aromatic N) is 2. The highest BCUT2D eigenvalue weighted by atomic mass is 16.5. The van der Waals surface area contributed by atoms with Gasteiger partial charge in [-0.05, 0) is 12.8 Å². The smallest absolute Gasteiger partial charge is 0.240 e. The van der Waals surface area contributed by atoms with E-state index in [1.165, 1.54) is 32.1 Å². The van der Waals surface area contributed by atoms with Gasteiger partial charge in [-0.3, -0.25) is 0 Å². The van der Waals surface area contributed by atoms with E-state index in [9.17, 15) is 0 Å². The predicted molar refractivity (Wildman–Crippen MR) is 62.1 cm³/mol. The third-order valence-corrected chi connectivity index (χ3v) is 3.12. The summed E-state index contributed by atoms with van der Waals surface area (Å²) in [5, 5.41) is 7.37. The molecule has 0 amide bonds. The van der Waals surface area contributed by atoms with Gasteiger partial charge in [0, 0.05) is 12.0 Å². The number of aromatic nitrogens is 2. The highest BCUT2D eigenvalue weighted by Gasteiger charge is 2.20. The summed E-state index contributed by atoms with van der Waals surface area (Å²) in [5.41, 5.74) is 0. The van der Waals surface area contributed by atoms with Crippen LogP contribution in [0, 0.1) is 0 Å². The Hall–Kier alpha value is -0.900. The Morgan fingerprint density at radius 1 is 1.31 bits per heavy atom. The fraction of sp³-hybridized carbons (Fsp3) is 0.833. The van der Waals surface area contributed by atoms with Crippen LogP contribution in [0.5, 0.6) is 0 Å². The van der Waals surface area contributed by atoms with Crippen molar-refractivity contribution in [1.82, 2.24) is 15.5 Å². The number of rotatable bonds is 4. The van der Waals surface area contributed by atoms with Crippen LogP contribution in [0.2, 0.25) is 0 Å². The molecule has 0 aromatic carbocycles. The Labute approximate surface area is 96.8 Å². The second-order valence-corrected chi connectivity index (χ2v) is 4.92. The molecule has 1 fully saturated rings. The van der Waals surface area contributed by atoms with E-state index in [0.29, 0.717) is 24.4 Å². The predicted octanol–water partition coefficient (Wildman–Crippen LogP) is 2.62. The molecule has 1 aliphatic carbocycles. The maximum absolute atomic E-state index is 5.24. The molecule has 90 valence electrons. The molecule has 0 aliphatic heterocycles. The lowest BCUT2D eigenvalue weighted by Gasteiger charge is -2.17. The Kier molecular flexibility index (Phi) is 3.93. The zero-order chi connectivity index (χ0) is 11.4. The van der Waals surface area contributed by atoms with E-state index in [4.69, 9.17) is 4.52 Å². The van der Waals surface area contributed by atoms with Crippen molar-refractivity contribution >= 4 is 0 Å². The zero-order valence-corrected chi connectivity index (χ0v) is 10.2. The van der Waals surface area contributed by atoms with Crippen molar-refractivity contribution in [2.24, 2.45) is 0 Å². The fourth-order valence-electron chi connectivity index (χ4n) is 2.16. The van der Waals surface area contributed by atoms with Crippen molar-refractivity contribution in [3.05, 3.63) is 11.7 Å². The molecule has 4 heteroatoms. The van der Waals surface area contributed by atoms with Gasteiger partial charge in [0.25, 0.3) is 0 Å². The molecule has 0 radical (unpaired) electrons. The van der Waals surface area contributed by atoms with Crippen molar-refractivity contribution in [3.63, 3.8) is 0 Å². The molecule has 16 heavy (non-hydrogen) atoms. The molecular weight excluding hydrogens is 202 g/mol. The van der Waals surface area contributed by atoms with Crippen LogP contribution in [0.3, 0.4) is 0 Å². The molecule has 4 nitrogen and oxygen atoms in total. The lowest BCUT2D eigenvalue weighted by atomic mass is 9.89. The van der Waals surface area contributed by atoms with E-state index < -0.39 is 0 Å². The molecule has 0 unspecified atom stereocenters. The molecule has 1 aromatic heterocycles. The topological polar surface area (TPSA) is 51.0 Å². The van der Waals surface area contributed by atoms with Crippen molar-refractivity contribution in [3.8, 4) is 0 Å². The summed E-state index contributed by atoms with van der Waals surface area (Å²) in [7, 11) is 0. The molecule has 0 atom stereocenters. The molecule has 0 spiro atoms. The third kappa shape index (κ3) is 3.04. The Morgan fingerprint density at radius 3 is 2.75 bits per heavy atom. The lowest BCUT2D eigenvalue weighted by Crippen LogP contribution is -2.22. The summed E-state index contributed by atoms with van der Waals surface area (Å²) in [5.74, 6) is 2.17. The van der Waals surface area contributed by atoms with Gasteiger partial charge < -0.3 is 9.84 Å². The zero-order valence-electron chi connectivity index (χ0n) is 10.2. The second-order valence-electron chi connectivity index (χ2n) is 4.92. The summed E-state index contributed by atoms with van der Waals surface area (Å²) in [6.45, 7) is 4.90. The highest BCUT2D eigenvalue weighted by molar-refractivity contribution is 4.96. The van der Waals surface area contributed by atoms with Gasteiger partial charge >= 0.3 is 0 Å². The van der Waals surface area contributed by atoms with Crippen LogP contribution in [-0.4, -0.2) is 16.2 Å². The van der Waals surface area contributed by atoms with Crippen LogP contribution in [0.4, 0.5) is 0 Å². The van der Waals surface area contributed by atoms with Crippen molar-refractivity contribution < 1.29 is 4.52 Å². The van der Waals surface area contributed by atoms with Crippen molar-refractivity contribution in [2.75, 3.05) is 0 Å². The van der Waals surface area contributed by atoms with Crippen molar-refractivity contribution in [2.45, 2.75) is 64.5 Å². The van der Waals surface area contributed by atoms with E-state index in [1.807, 2.05) is 0 Å². The summed E-state index contributed by atoms with van der Waals surface area (Å²) in [4.78, 5) is 4.47. The summed E-state index contributed by atoms with van der Waals surface area (Å²) < 4.78 is 5.24. The second kappa shape index (κ2) is 5.43. The molecular formula is C12H21N3O. The molecule has 2 rings (SSSR count). The van der Waals surface area contributed by atoms with Crippen LogP contribution in [0.15, 0.2) is 4.52 Å². The first-order chi connectivity index (χ1) is 7.75. The number of hydrogen-bond acceptors (Lipinski definition) is 4. The minimum absolute atomic E-state index is 0.449. The van der Waals surface area contributed by atoms with Gasteiger partial charge in [-0.1, -0.05) is 38.3 Å². The van der Waals surface area contributed by atoms with Crippen LogP contribution in [0.1, 0.15) is 63.6 Å². The van der Waals surface area contributed by atoms with E-state index in [2.05, 4.69) is 29.3 Å². The van der Waals surface area contributed by atoms with Gasteiger partial charge in [0.05, 0.1) is 6.54 Å². The Balaban J connectivity index is 1.90. The summed E-state index contributed by atoms with van der Waals surface area (Å²) >= 11 is 0. The van der Waals surface area contributed by atoms with E-state index in [0.717, 1.165) is 5.82 Å². The van der Waals surface area contributed by atoms with Gasteiger partial charge in [0.15, 0.2) is 5.82 Å². The van der Waals surface area contributed by atoms with Crippen LogP contribution in [0.25, 0.3) is 0 Å². The van der Waals surface area contributed by atoms with Gasteiger partial charge in [-0.2, -0.15) is 4.98 Å². The average Bonchev–Trinajstić information content (AvgIpc) is 2.76. The van der Waals surface area contributed by atoms with E-state index >= 15 is 0 Å². The molecule has 1 aliphatic rings. The summed E-state index contributed by atoms with van der Waals surface area (Å²) in [6, 6.07) is 0.449. The summed E-state index contributed by atoms with van der Waals surface area (Å²) in [6.07, 6.45) is 6.40. The highest BCUT2D eigenvalue weighted by Crippen LogP contribution is 2.30. The first-order valence-corrected chi connectivity index (χ1v) is 6.31. The standard InChI is InChI=1S/C12H21N3O/c1-9(2)13-8-11-14-12(15-16-11)10-6-4-3-5-7-10/h9-10,13H,3-8H2,1-2H3. The van der Waals surface area contributed by atoms with Gasteiger partial charge in [-0.25, -0.2) is 0 Å².